The third kappa shape index (κ3) is 7.19. The lowest BCUT2D eigenvalue weighted by molar-refractivity contribution is -0.116. The molecule has 0 saturated carbocycles. The number of carbonyl (C=O) groups excluding carboxylic acids is 3. The van der Waals surface area contributed by atoms with E-state index < -0.39 is 17.6 Å². The van der Waals surface area contributed by atoms with E-state index in [0.29, 0.717) is 22.9 Å². The van der Waals surface area contributed by atoms with Crippen molar-refractivity contribution in [1.82, 2.24) is 5.32 Å². The number of benzene rings is 2. The first-order valence-electron chi connectivity index (χ1n) is 10.0. The van der Waals surface area contributed by atoms with Crippen LogP contribution >= 0.6 is 0 Å². The lowest BCUT2D eigenvalue weighted by Gasteiger charge is -2.19. The Labute approximate surface area is 187 Å². The van der Waals surface area contributed by atoms with Gasteiger partial charge in [0.25, 0.3) is 5.91 Å². The second kappa shape index (κ2) is 11.0. The molecule has 3 amide bonds. The first kappa shape index (κ1) is 24.5. The van der Waals surface area contributed by atoms with Crippen molar-refractivity contribution in [3.63, 3.8) is 0 Å². The zero-order chi connectivity index (χ0) is 23.7. The van der Waals surface area contributed by atoms with Crippen LogP contribution < -0.4 is 25.4 Å². The average Bonchev–Trinajstić information content (AvgIpc) is 2.73. The van der Waals surface area contributed by atoms with Crippen molar-refractivity contribution in [2.75, 3.05) is 31.4 Å². The summed E-state index contributed by atoms with van der Waals surface area (Å²) in [6.07, 6.45) is -0.564. The normalized spacial score (nSPS) is 10.7. The van der Waals surface area contributed by atoms with Gasteiger partial charge in [0, 0.05) is 13.0 Å². The van der Waals surface area contributed by atoms with Crippen molar-refractivity contribution in [3.05, 3.63) is 48.0 Å². The Morgan fingerprint density at radius 1 is 0.844 bits per heavy atom. The fourth-order valence-electron chi connectivity index (χ4n) is 2.77. The second-order valence-corrected chi connectivity index (χ2v) is 7.76. The van der Waals surface area contributed by atoms with E-state index in [1.807, 2.05) is 0 Å². The number of nitrogens with one attached hydrogen (secondary N) is 3. The van der Waals surface area contributed by atoms with Gasteiger partial charge in [0.15, 0.2) is 0 Å². The summed E-state index contributed by atoms with van der Waals surface area (Å²) in [6.45, 7) is 5.37. The predicted octanol–water partition coefficient (Wildman–Crippen LogP) is 3.81. The van der Waals surface area contributed by atoms with E-state index in [2.05, 4.69) is 16.0 Å². The van der Waals surface area contributed by atoms with Gasteiger partial charge in [-0.1, -0.05) is 18.2 Å². The molecular weight excluding hydrogens is 414 g/mol. The van der Waals surface area contributed by atoms with E-state index in [1.165, 1.54) is 14.2 Å². The van der Waals surface area contributed by atoms with Crippen molar-refractivity contribution >= 4 is 29.3 Å². The molecule has 0 heterocycles. The third-order valence-electron chi connectivity index (χ3n) is 4.12. The Hall–Kier alpha value is -3.75. The molecule has 0 atom stereocenters. The number of amides is 3. The highest BCUT2D eigenvalue weighted by atomic mass is 16.6. The van der Waals surface area contributed by atoms with Gasteiger partial charge in [-0.3, -0.25) is 9.59 Å². The van der Waals surface area contributed by atoms with Crippen molar-refractivity contribution in [2.45, 2.75) is 32.8 Å². The molecule has 0 aliphatic heterocycles. The van der Waals surface area contributed by atoms with Crippen LogP contribution in [0.15, 0.2) is 42.5 Å². The van der Waals surface area contributed by atoms with Crippen LogP contribution in [0.4, 0.5) is 16.2 Å². The minimum Gasteiger partial charge on any atom is -0.496 e. The molecule has 0 aromatic heterocycles. The third-order valence-corrected chi connectivity index (χ3v) is 4.12. The monoisotopic (exact) mass is 443 g/mol. The fraction of sp³-hybridized carbons (Fsp3) is 0.348. The number of ether oxygens (including phenoxy) is 3. The minimum atomic E-state index is -0.617. The molecular formula is C23H29N3O6. The Morgan fingerprint density at radius 3 is 1.94 bits per heavy atom. The van der Waals surface area contributed by atoms with Crippen LogP contribution in [0.25, 0.3) is 0 Å². The molecule has 0 aliphatic rings. The maximum absolute atomic E-state index is 12.9. The van der Waals surface area contributed by atoms with Crippen LogP contribution in [0, 0.1) is 0 Å². The van der Waals surface area contributed by atoms with Crippen LogP contribution in [-0.4, -0.2) is 44.3 Å². The molecule has 9 nitrogen and oxygen atoms in total. The highest BCUT2D eigenvalue weighted by Gasteiger charge is 2.20. The van der Waals surface area contributed by atoms with Gasteiger partial charge in [0.2, 0.25) is 5.91 Å². The molecule has 0 radical (unpaired) electrons. The van der Waals surface area contributed by atoms with Gasteiger partial charge in [-0.15, -0.1) is 0 Å². The number of rotatable bonds is 8. The van der Waals surface area contributed by atoms with Gasteiger partial charge >= 0.3 is 6.09 Å². The van der Waals surface area contributed by atoms with Crippen molar-refractivity contribution in [1.29, 1.82) is 0 Å². The maximum atomic E-state index is 12.9. The molecule has 172 valence electrons. The van der Waals surface area contributed by atoms with E-state index in [-0.39, 0.29) is 24.4 Å². The first-order chi connectivity index (χ1) is 15.1. The Bertz CT molecular complexity index is 946. The topological polar surface area (TPSA) is 115 Å². The van der Waals surface area contributed by atoms with Gasteiger partial charge in [-0.05, 0) is 45.0 Å². The van der Waals surface area contributed by atoms with E-state index in [0.717, 1.165) is 0 Å². The zero-order valence-corrected chi connectivity index (χ0v) is 18.9. The van der Waals surface area contributed by atoms with Gasteiger partial charge in [-0.2, -0.15) is 0 Å². The minimum absolute atomic E-state index is 0.0296. The van der Waals surface area contributed by atoms with Crippen LogP contribution in [0.3, 0.4) is 0 Å². The quantitative estimate of drug-likeness (QED) is 0.572. The molecule has 2 rings (SSSR count). The molecule has 2 aromatic rings. The SMILES string of the molecule is COc1cccc(OC)c1C(=O)Nc1ccccc1NC(=O)CCNC(=O)OC(C)(C)C. The number of para-hydroxylation sites is 2. The lowest BCUT2D eigenvalue weighted by Crippen LogP contribution is -2.34. The van der Waals surface area contributed by atoms with E-state index in [4.69, 9.17) is 14.2 Å². The molecule has 0 aliphatic carbocycles. The summed E-state index contributed by atoms with van der Waals surface area (Å²) in [5.74, 6) is -0.0709. The van der Waals surface area contributed by atoms with E-state index in [9.17, 15) is 14.4 Å². The molecule has 3 N–H and O–H groups in total. The number of hydrogen-bond donors (Lipinski definition) is 3. The fourth-order valence-corrected chi connectivity index (χ4v) is 2.77. The largest absolute Gasteiger partial charge is 0.496 e. The van der Waals surface area contributed by atoms with Gasteiger partial charge in [0.1, 0.15) is 22.7 Å². The summed E-state index contributed by atoms with van der Waals surface area (Å²) in [6, 6.07) is 11.8. The van der Waals surface area contributed by atoms with Crippen LogP contribution in [0.1, 0.15) is 37.6 Å². The van der Waals surface area contributed by atoms with Crippen LogP contribution in [-0.2, 0) is 9.53 Å². The molecule has 32 heavy (non-hydrogen) atoms. The summed E-state index contributed by atoms with van der Waals surface area (Å²) in [5, 5.41) is 8.05. The Balaban J connectivity index is 2.04. The van der Waals surface area contributed by atoms with Crippen molar-refractivity contribution in [3.8, 4) is 11.5 Å². The van der Waals surface area contributed by atoms with Gasteiger partial charge in [0.05, 0.1) is 25.6 Å². The number of carbonyl (C=O) groups is 3. The number of hydrogen-bond acceptors (Lipinski definition) is 6. The number of alkyl carbamates (subject to hydrolysis) is 1. The summed E-state index contributed by atoms with van der Waals surface area (Å²) < 4.78 is 15.7. The van der Waals surface area contributed by atoms with E-state index >= 15 is 0 Å². The maximum Gasteiger partial charge on any atom is 0.407 e. The van der Waals surface area contributed by atoms with Gasteiger partial charge in [-0.25, -0.2) is 4.79 Å². The standard InChI is InChI=1S/C23H29N3O6/c1-23(2,3)32-22(29)24-14-13-19(27)25-15-9-6-7-10-16(15)26-21(28)20-17(30-4)11-8-12-18(20)31-5/h6-12H,13-14H2,1-5H3,(H,24,29)(H,25,27)(H,26,28). The average molecular weight is 444 g/mol. The molecule has 0 fully saturated rings. The highest BCUT2D eigenvalue weighted by Crippen LogP contribution is 2.30. The Kier molecular flexibility index (Phi) is 8.46. The molecule has 0 unspecified atom stereocenters. The zero-order valence-electron chi connectivity index (χ0n) is 18.9. The number of anilines is 2. The molecule has 2 aromatic carbocycles. The van der Waals surface area contributed by atoms with Crippen LogP contribution in [0.5, 0.6) is 11.5 Å². The molecule has 0 spiro atoms. The van der Waals surface area contributed by atoms with Crippen LogP contribution in [0.2, 0.25) is 0 Å². The van der Waals surface area contributed by atoms with Crippen molar-refractivity contribution in [2.24, 2.45) is 0 Å². The van der Waals surface area contributed by atoms with E-state index in [1.54, 1.807) is 63.2 Å². The smallest absolute Gasteiger partial charge is 0.407 e. The summed E-state index contributed by atoms with van der Waals surface area (Å²) >= 11 is 0. The molecule has 0 bridgehead atoms. The number of methoxy groups -OCH3 is 2. The molecule has 0 saturated heterocycles. The van der Waals surface area contributed by atoms with Crippen molar-refractivity contribution < 1.29 is 28.6 Å². The summed E-state index contributed by atoms with van der Waals surface area (Å²) in [5.41, 5.74) is 0.434. The Morgan fingerprint density at radius 2 is 1.41 bits per heavy atom. The summed E-state index contributed by atoms with van der Waals surface area (Å²) in [7, 11) is 2.93. The molecule has 9 heteroatoms. The first-order valence-corrected chi connectivity index (χ1v) is 10.0. The second-order valence-electron chi connectivity index (χ2n) is 7.76. The highest BCUT2D eigenvalue weighted by molar-refractivity contribution is 6.10. The predicted molar refractivity (Wildman–Crippen MR) is 121 cm³/mol. The summed E-state index contributed by atoms with van der Waals surface area (Å²) in [4.78, 5) is 36.9. The van der Waals surface area contributed by atoms with Gasteiger partial charge < -0.3 is 30.2 Å². The lowest BCUT2D eigenvalue weighted by atomic mass is 10.1.